The molecular weight excluding hydrogens is 256 g/mol. The van der Waals surface area contributed by atoms with Gasteiger partial charge in [0.05, 0.1) is 6.54 Å². The molecule has 0 aliphatic carbocycles. The molecule has 1 aliphatic heterocycles. The highest BCUT2D eigenvalue weighted by atomic mass is 16.4. The Labute approximate surface area is 119 Å². The standard InChI is InChI=1S/C14H24N4O2/c1-11(2)18-13(15-10-16-18)9-17-7-5-12(6-8-17)3-4-14(19)20/h10-12H,3-9H2,1-2H3,(H,19,20). The van der Waals surface area contributed by atoms with Crippen LogP contribution in [0.15, 0.2) is 6.33 Å². The summed E-state index contributed by atoms with van der Waals surface area (Å²) in [7, 11) is 0. The summed E-state index contributed by atoms with van der Waals surface area (Å²) in [6.07, 6.45) is 4.90. The van der Waals surface area contributed by atoms with Crippen LogP contribution in [0.25, 0.3) is 0 Å². The van der Waals surface area contributed by atoms with Crippen LogP contribution in [0.1, 0.15) is 51.4 Å². The fourth-order valence-corrected chi connectivity index (χ4v) is 2.78. The second kappa shape index (κ2) is 6.83. The summed E-state index contributed by atoms with van der Waals surface area (Å²) in [4.78, 5) is 17.3. The van der Waals surface area contributed by atoms with E-state index in [0.717, 1.165) is 44.7 Å². The smallest absolute Gasteiger partial charge is 0.303 e. The van der Waals surface area contributed by atoms with Crippen molar-refractivity contribution < 1.29 is 9.90 Å². The Morgan fingerprint density at radius 1 is 1.45 bits per heavy atom. The van der Waals surface area contributed by atoms with Crippen molar-refractivity contribution in [2.24, 2.45) is 5.92 Å². The van der Waals surface area contributed by atoms with E-state index in [9.17, 15) is 4.79 Å². The molecule has 0 amide bonds. The highest BCUT2D eigenvalue weighted by molar-refractivity contribution is 5.66. The lowest BCUT2D eigenvalue weighted by Crippen LogP contribution is -2.34. The van der Waals surface area contributed by atoms with E-state index in [-0.39, 0.29) is 0 Å². The molecule has 1 aromatic heterocycles. The predicted octanol–water partition coefficient (Wildman–Crippen LogP) is 1.94. The van der Waals surface area contributed by atoms with Crippen molar-refractivity contribution in [3.05, 3.63) is 12.2 Å². The normalized spacial score (nSPS) is 17.8. The summed E-state index contributed by atoms with van der Waals surface area (Å²) in [5, 5.41) is 13.0. The number of aliphatic carboxylic acids is 1. The van der Waals surface area contributed by atoms with Gasteiger partial charge in [-0.15, -0.1) is 0 Å². The second-order valence-electron chi connectivity index (χ2n) is 5.87. The van der Waals surface area contributed by atoms with Crippen molar-refractivity contribution >= 4 is 5.97 Å². The number of hydrogen-bond acceptors (Lipinski definition) is 4. The van der Waals surface area contributed by atoms with Crippen LogP contribution in [-0.4, -0.2) is 43.8 Å². The number of piperidine rings is 1. The van der Waals surface area contributed by atoms with Gasteiger partial charge in [0.15, 0.2) is 0 Å². The van der Waals surface area contributed by atoms with Crippen LogP contribution >= 0.6 is 0 Å². The van der Waals surface area contributed by atoms with E-state index in [4.69, 9.17) is 5.11 Å². The molecule has 1 fully saturated rings. The summed E-state index contributed by atoms with van der Waals surface area (Å²) in [5.74, 6) is 0.895. The van der Waals surface area contributed by atoms with Crippen molar-refractivity contribution in [2.75, 3.05) is 13.1 Å². The molecule has 1 aliphatic rings. The number of aromatic nitrogens is 3. The Morgan fingerprint density at radius 3 is 2.75 bits per heavy atom. The second-order valence-corrected chi connectivity index (χ2v) is 5.87. The van der Waals surface area contributed by atoms with Crippen molar-refractivity contribution in [1.82, 2.24) is 19.7 Å². The quantitative estimate of drug-likeness (QED) is 0.862. The van der Waals surface area contributed by atoms with Gasteiger partial charge in [0, 0.05) is 12.5 Å². The topological polar surface area (TPSA) is 71.2 Å². The molecule has 0 saturated carbocycles. The van der Waals surface area contributed by atoms with Crippen LogP contribution < -0.4 is 0 Å². The number of nitrogens with zero attached hydrogens (tertiary/aromatic N) is 4. The third-order valence-electron chi connectivity index (χ3n) is 3.98. The average molecular weight is 280 g/mol. The lowest BCUT2D eigenvalue weighted by atomic mass is 9.92. The first-order valence-corrected chi connectivity index (χ1v) is 7.38. The van der Waals surface area contributed by atoms with Gasteiger partial charge in [-0.1, -0.05) is 0 Å². The number of hydrogen-bond donors (Lipinski definition) is 1. The average Bonchev–Trinajstić information content (AvgIpc) is 2.86. The summed E-state index contributed by atoms with van der Waals surface area (Å²) in [6, 6.07) is 0.334. The predicted molar refractivity (Wildman–Crippen MR) is 75.3 cm³/mol. The van der Waals surface area contributed by atoms with E-state index >= 15 is 0 Å². The van der Waals surface area contributed by atoms with E-state index in [0.29, 0.717) is 18.4 Å². The van der Waals surface area contributed by atoms with Gasteiger partial charge >= 0.3 is 5.97 Å². The molecule has 0 spiro atoms. The van der Waals surface area contributed by atoms with Crippen molar-refractivity contribution in [2.45, 2.75) is 52.1 Å². The van der Waals surface area contributed by atoms with Crippen molar-refractivity contribution in [3.63, 3.8) is 0 Å². The Bertz CT molecular complexity index is 436. The van der Waals surface area contributed by atoms with E-state index in [1.54, 1.807) is 6.33 Å². The molecule has 0 aromatic carbocycles. The SMILES string of the molecule is CC(C)n1ncnc1CN1CCC(CCC(=O)O)CC1. The summed E-state index contributed by atoms with van der Waals surface area (Å²) in [5.41, 5.74) is 0. The van der Waals surface area contributed by atoms with Crippen LogP contribution in [-0.2, 0) is 11.3 Å². The molecule has 6 nitrogen and oxygen atoms in total. The Kier molecular flexibility index (Phi) is 5.11. The number of likely N-dealkylation sites (tertiary alicyclic amines) is 1. The van der Waals surface area contributed by atoms with Crippen molar-refractivity contribution in [3.8, 4) is 0 Å². The Hall–Kier alpha value is -1.43. The highest BCUT2D eigenvalue weighted by Crippen LogP contribution is 2.23. The monoisotopic (exact) mass is 280 g/mol. The maximum Gasteiger partial charge on any atom is 0.303 e. The number of carboxylic acids is 1. The van der Waals surface area contributed by atoms with Crippen LogP contribution in [0.2, 0.25) is 0 Å². The van der Waals surface area contributed by atoms with E-state index in [2.05, 4.69) is 28.8 Å². The summed E-state index contributed by atoms with van der Waals surface area (Å²) < 4.78 is 1.97. The maximum absolute atomic E-state index is 10.6. The number of carboxylic acid groups (broad SMARTS) is 1. The van der Waals surface area contributed by atoms with Gasteiger partial charge in [0.1, 0.15) is 12.2 Å². The molecular formula is C14H24N4O2. The van der Waals surface area contributed by atoms with E-state index in [1.165, 1.54) is 0 Å². The van der Waals surface area contributed by atoms with Gasteiger partial charge in [0.2, 0.25) is 0 Å². The van der Waals surface area contributed by atoms with Crippen LogP contribution in [0.5, 0.6) is 0 Å². The van der Waals surface area contributed by atoms with Gasteiger partial charge in [-0.05, 0) is 52.1 Å². The highest BCUT2D eigenvalue weighted by Gasteiger charge is 2.21. The van der Waals surface area contributed by atoms with Gasteiger partial charge in [0.25, 0.3) is 0 Å². The van der Waals surface area contributed by atoms with Gasteiger partial charge in [-0.25, -0.2) is 9.67 Å². The molecule has 112 valence electrons. The largest absolute Gasteiger partial charge is 0.481 e. The fraction of sp³-hybridized carbons (Fsp3) is 0.786. The first-order valence-electron chi connectivity index (χ1n) is 7.38. The molecule has 1 saturated heterocycles. The molecule has 1 aromatic rings. The lowest BCUT2D eigenvalue weighted by molar-refractivity contribution is -0.137. The molecule has 0 radical (unpaired) electrons. The Morgan fingerprint density at radius 2 is 2.15 bits per heavy atom. The molecule has 1 N–H and O–H groups in total. The lowest BCUT2D eigenvalue weighted by Gasteiger charge is -2.31. The summed E-state index contributed by atoms with van der Waals surface area (Å²) >= 11 is 0. The number of rotatable bonds is 6. The molecule has 20 heavy (non-hydrogen) atoms. The molecule has 2 rings (SSSR count). The molecule has 0 unspecified atom stereocenters. The van der Waals surface area contributed by atoms with Gasteiger partial charge in [-0.2, -0.15) is 5.10 Å². The van der Waals surface area contributed by atoms with E-state index < -0.39 is 5.97 Å². The van der Waals surface area contributed by atoms with Crippen LogP contribution in [0.4, 0.5) is 0 Å². The van der Waals surface area contributed by atoms with Gasteiger partial charge < -0.3 is 5.11 Å². The van der Waals surface area contributed by atoms with Crippen LogP contribution in [0, 0.1) is 5.92 Å². The first-order chi connectivity index (χ1) is 9.56. The molecule has 6 heteroatoms. The number of carbonyl (C=O) groups is 1. The maximum atomic E-state index is 10.6. The molecule has 2 heterocycles. The minimum atomic E-state index is -0.683. The minimum Gasteiger partial charge on any atom is -0.481 e. The van der Waals surface area contributed by atoms with Gasteiger partial charge in [-0.3, -0.25) is 9.69 Å². The van der Waals surface area contributed by atoms with Crippen molar-refractivity contribution in [1.29, 1.82) is 0 Å². The molecule has 0 bridgehead atoms. The zero-order valence-corrected chi connectivity index (χ0v) is 12.3. The molecule has 0 atom stereocenters. The zero-order chi connectivity index (χ0) is 14.5. The minimum absolute atomic E-state index is 0.298. The van der Waals surface area contributed by atoms with E-state index in [1.807, 2.05) is 4.68 Å². The summed E-state index contributed by atoms with van der Waals surface area (Å²) in [6.45, 7) is 7.10. The third-order valence-corrected chi connectivity index (χ3v) is 3.98. The Balaban J connectivity index is 1.79. The van der Waals surface area contributed by atoms with Crippen LogP contribution in [0.3, 0.4) is 0 Å². The zero-order valence-electron chi connectivity index (χ0n) is 12.3. The fourth-order valence-electron chi connectivity index (χ4n) is 2.78. The first kappa shape index (κ1) is 15.0. The third kappa shape index (κ3) is 4.03.